The highest BCUT2D eigenvalue weighted by molar-refractivity contribution is 6.30. The number of hydrogen-bond acceptors (Lipinski definition) is 3. The van der Waals surface area contributed by atoms with Crippen molar-refractivity contribution in [3.05, 3.63) is 82.1 Å². The molecule has 0 radical (unpaired) electrons. The third-order valence-electron chi connectivity index (χ3n) is 3.24. The van der Waals surface area contributed by atoms with E-state index in [4.69, 9.17) is 11.6 Å². The number of rotatable bonds is 3. The van der Waals surface area contributed by atoms with Crippen LogP contribution in [0, 0.1) is 5.82 Å². The summed E-state index contributed by atoms with van der Waals surface area (Å²) in [6.07, 6.45) is 2.84. The van der Waals surface area contributed by atoms with Gasteiger partial charge in [0.2, 0.25) is 5.82 Å². The van der Waals surface area contributed by atoms with Gasteiger partial charge in [-0.1, -0.05) is 23.7 Å². The topological polar surface area (TPSA) is 76.0 Å². The quantitative estimate of drug-likeness (QED) is 0.750. The van der Waals surface area contributed by atoms with E-state index in [0.717, 1.165) is 6.07 Å². The molecule has 0 bridgehead atoms. The van der Waals surface area contributed by atoms with Gasteiger partial charge in [-0.3, -0.25) is 14.7 Å². The number of carbonyl (C=O) groups is 1. The summed E-state index contributed by atoms with van der Waals surface area (Å²) >= 11 is 5.93. The zero-order valence-electron chi connectivity index (χ0n) is 12.7. The number of urea groups is 1. The number of amides is 2. The Morgan fingerprint density at radius 3 is 2.68 bits per heavy atom. The smallest absolute Gasteiger partial charge is 0.308 e. The van der Waals surface area contributed by atoms with E-state index in [1.807, 2.05) is 0 Å². The fourth-order valence-electron chi connectivity index (χ4n) is 2.16. The molecule has 25 heavy (non-hydrogen) atoms. The first-order valence-corrected chi connectivity index (χ1v) is 7.58. The molecule has 1 aromatic heterocycles. The molecule has 0 aliphatic carbocycles. The molecule has 126 valence electrons. The van der Waals surface area contributed by atoms with Crippen molar-refractivity contribution in [3.8, 4) is 5.69 Å². The maximum absolute atomic E-state index is 13.1. The predicted molar refractivity (Wildman–Crippen MR) is 93.9 cm³/mol. The Bertz CT molecular complexity index is 990. The van der Waals surface area contributed by atoms with Gasteiger partial charge in [-0.2, -0.15) is 0 Å². The Morgan fingerprint density at radius 1 is 1.12 bits per heavy atom. The Kier molecular flexibility index (Phi) is 4.76. The van der Waals surface area contributed by atoms with E-state index in [1.54, 1.807) is 24.3 Å². The van der Waals surface area contributed by atoms with Crippen LogP contribution < -0.4 is 16.2 Å². The van der Waals surface area contributed by atoms with Crippen molar-refractivity contribution in [3.63, 3.8) is 0 Å². The summed E-state index contributed by atoms with van der Waals surface area (Å²) in [5, 5.41) is 5.25. The van der Waals surface area contributed by atoms with E-state index in [0.29, 0.717) is 10.7 Å². The van der Waals surface area contributed by atoms with Gasteiger partial charge in [0.05, 0.1) is 5.69 Å². The molecule has 2 aromatic carbocycles. The van der Waals surface area contributed by atoms with Gasteiger partial charge in [0.1, 0.15) is 5.82 Å². The van der Waals surface area contributed by atoms with E-state index in [1.165, 1.54) is 35.2 Å². The lowest BCUT2D eigenvalue weighted by atomic mass is 10.3. The molecule has 0 saturated heterocycles. The average Bonchev–Trinajstić information content (AvgIpc) is 2.57. The largest absolute Gasteiger partial charge is 0.325 e. The second-order valence-corrected chi connectivity index (χ2v) is 5.46. The molecule has 3 rings (SSSR count). The van der Waals surface area contributed by atoms with Gasteiger partial charge in [0.25, 0.3) is 5.56 Å². The van der Waals surface area contributed by atoms with Crippen LogP contribution in [0.15, 0.2) is 65.7 Å². The summed E-state index contributed by atoms with van der Waals surface area (Å²) in [6.45, 7) is 0. The van der Waals surface area contributed by atoms with E-state index < -0.39 is 17.4 Å². The lowest BCUT2D eigenvalue weighted by molar-refractivity contribution is 0.262. The molecule has 0 spiro atoms. The molecular weight excluding hydrogens is 347 g/mol. The first-order valence-electron chi connectivity index (χ1n) is 7.20. The molecule has 2 N–H and O–H groups in total. The van der Waals surface area contributed by atoms with Gasteiger partial charge in [-0.25, -0.2) is 14.2 Å². The summed E-state index contributed by atoms with van der Waals surface area (Å²) in [5.41, 5.74) is 0.260. The summed E-state index contributed by atoms with van der Waals surface area (Å²) < 4.78 is 14.4. The molecule has 0 unspecified atom stereocenters. The van der Waals surface area contributed by atoms with Crippen LogP contribution in [0.2, 0.25) is 5.02 Å². The Morgan fingerprint density at radius 2 is 1.92 bits per heavy atom. The molecule has 0 fully saturated rings. The van der Waals surface area contributed by atoms with E-state index in [2.05, 4.69) is 15.6 Å². The number of hydrogen-bond donors (Lipinski definition) is 2. The zero-order chi connectivity index (χ0) is 17.8. The molecule has 0 aliphatic heterocycles. The summed E-state index contributed by atoms with van der Waals surface area (Å²) in [6, 6.07) is 11.4. The zero-order valence-corrected chi connectivity index (χ0v) is 13.5. The minimum Gasteiger partial charge on any atom is -0.308 e. The fraction of sp³-hybridized carbons (Fsp3) is 0. The number of halogens is 2. The van der Waals surface area contributed by atoms with Crippen molar-refractivity contribution in [1.29, 1.82) is 0 Å². The van der Waals surface area contributed by atoms with Crippen molar-refractivity contribution in [2.24, 2.45) is 0 Å². The second-order valence-electron chi connectivity index (χ2n) is 5.02. The van der Waals surface area contributed by atoms with Crippen LogP contribution in [0.1, 0.15) is 0 Å². The van der Waals surface area contributed by atoms with Crippen molar-refractivity contribution >= 4 is 29.1 Å². The van der Waals surface area contributed by atoms with E-state index >= 15 is 0 Å². The van der Waals surface area contributed by atoms with Crippen molar-refractivity contribution in [1.82, 2.24) is 9.55 Å². The van der Waals surface area contributed by atoms with E-state index in [-0.39, 0.29) is 11.5 Å². The second kappa shape index (κ2) is 7.14. The third kappa shape index (κ3) is 4.02. The van der Waals surface area contributed by atoms with E-state index in [9.17, 15) is 14.0 Å². The monoisotopic (exact) mass is 358 g/mol. The highest BCUT2D eigenvalue weighted by atomic mass is 35.5. The molecule has 3 aromatic rings. The van der Waals surface area contributed by atoms with Crippen LogP contribution in [0.3, 0.4) is 0 Å². The van der Waals surface area contributed by atoms with Crippen LogP contribution in [0.5, 0.6) is 0 Å². The Hall–Kier alpha value is -3.19. The molecular formula is C17H12ClFN4O2. The van der Waals surface area contributed by atoms with Gasteiger partial charge >= 0.3 is 6.03 Å². The first-order chi connectivity index (χ1) is 12.0. The molecule has 0 aliphatic rings. The van der Waals surface area contributed by atoms with Gasteiger partial charge in [-0.05, 0) is 36.4 Å². The third-order valence-corrected chi connectivity index (χ3v) is 3.48. The molecule has 8 heteroatoms. The van der Waals surface area contributed by atoms with Crippen LogP contribution >= 0.6 is 11.6 Å². The first kappa shape index (κ1) is 16.7. The van der Waals surface area contributed by atoms with Crippen molar-refractivity contribution in [2.45, 2.75) is 0 Å². The van der Waals surface area contributed by atoms with Crippen LogP contribution in [-0.2, 0) is 0 Å². The number of aromatic nitrogens is 2. The predicted octanol–water partition coefficient (Wildman–Crippen LogP) is 3.67. The number of carbonyl (C=O) groups excluding carboxylic acids is 1. The molecule has 0 saturated carbocycles. The van der Waals surface area contributed by atoms with Crippen LogP contribution in [-0.4, -0.2) is 15.6 Å². The summed E-state index contributed by atoms with van der Waals surface area (Å²) in [7, 11) is 0. The van der Waals surface area contributed by atoms with Crippen LogP contribution in [0.25, 0.3) is 5.69 Å². The SMILES string of the molecule is O=C(Nc1cccc(F)c1)Nc1nccn(-c2cccc(Cl)c2)c1=O. The minimum absolute atomic E-state index is 0.170. The van der Waals surface area contributed by atoms with Gasteiger partial charge < -0.3 is 5.32 Å². The average molecular weight is 359 g/mol. The van der Waals surface area contributed by atoms with Crippen molar-refractivity contribution in [2.75, 3.05) is 10.6 Å². The number of anilines is 2. The standard InChI is InChI=1S/C17H12ClFN4O2/c18-11-3-1-6-14(9-11)23-8-7-20-15(16(23)24)22-17(25)21-13-5-2-4-12(19)10-13/h1-10H,(H2,20,21,22,25). The van der Waals surface area contributed by atoms with Gasteiger partial charge in [0, 0.05) is 23.1 Å². The molecule has 2 amide bonds. The Labute approximate surface area is 146 Å². The maximum Gasteiger partial charge on any atom is 0.325 e. The molecule has 0 atom stereocenters. The summed E-state index contributed by atoms with van der Waals surface area (Å²) in [4.78, 5) is 28.3. The lowest BCUT2D eigenvalue weighted by Crippen LogP contribution is -2.28. The fourth-order valence-corrected chi connectivity index (χ4v) is 2.35. The highest BCUT2D eigenvalue weighted by Crippen LogP contribution is 2.14. The molecule has 1 heterocycles. The number of nitrogens with one attached hydrogen (secondary N) is 2. The van der Waals surface area contributed by atoms with Crippen LogP contribution in [0.4, 0.5) is 20.7 Å². The van der Waals surface area contributed by atoms with Crippen molar-refractivity contribution < 1.29 is 9.18 Å². The normalized spacial score (nSPS) is 10.3. The number of benzene rings is 2. The summed E-state index contributed by atoms with van der Waals surface area (Å²) in [5.74, 6) is -0.657. The molecule has 6 nitrogen and oxygen atoms in total. The lowest BCUT2D eigenvalue weighted by Gasteiger charge is -2.09. The highest BCUT2D eigenvalue weighted by Gasteiger charge is 2.10. The van der Waals surface area contributed by atoms with Gasteiger partial charge in [0.15, 0.2) is 0 Å². The van der Waals surface area contributed by atoms with Gasteiger partial charge in [-0.15, -0.1) is 0 Å². The maximum atomic E-state index is 13.1. The Balaban J connectivity index is 1.83. The number of nitrogens with zero attached hydrogens (tertiary/aromatic N) is 2. The minimum atomic E-state index is -0.709.